The number of hydrogen-bond donors (Lipinski definition) is 1. The zero-order valence-corrected chi connectivity index (χ0v) is 30.6. The lowest BCUT2D eigenvalue weighted by atomic mass is 10.0. The van der Waals surface area contributed by atoms with Crippen LogP contribution in [-0.4, -0.2) is 16.2 Å². The zero-order valence-electron chi connectivity index (χ0n) is 30.6. The number of hydrogen-bond acceptors (Lipinski definition) is 5. The van der Waals surface area contributed by atoms with Gasteiger partial charge in [-0.25, -0.2) is 9.98 Å². The summed E-state index contributed by atoms with van der Waals surface area (Å²) in [6.45, 7) is 0. The minimum Gasteiger partial charge on any atom is -0.456 e. The van der Waals surface area contributed by atoms with Crippen molar-refractivity contribution in [3.63, 3.8) is 0 Å². The van der Waals surface area contributed by atoms with Gasteiger partial charge in [0.15, 0.2) is 5.84 Å². The van der Waals surface area contributed by atoms with Gasteiger partial charge in [-0.05, 0) is 59.2 Å². The lowest BCUT2D eigenvalue weighted by Crippen LogP contribution is -2.33. The Hall–Kier alpha value is -7.70. The summed E-state index contributed by atoms with van der Waals surface area (Å²) in [7, 11) is 0. The number of nitrogens with zero attached hydrogens (tertiary/aromatic N) is 3. The number of aromatic nitrogens is 1. The fraction of sp³-hybridized carbons (Fsp3) is 0.0196. The highest BCUT2D eigenvalue weighted by molar-refractivity contribution is 6.18. The first-order valence-corrected chi connectivity index (χ1v) is 19.2. The average Bonchev–Trinajstić information content (AvgIpc) is 3.94. The summed E-state index contributed by atoms with van der Waals surface area (Å²) in [4.78, 5) is 9.99. The Balaban J connectivity index is 0.949. The minimum absolute atomic E-state index is 0.275. The molecule has 1 atom stereocenters. The second-order valence-electron chi connectivity index (χ2n) is 14.6. The number of fused-ring (bicyclic) bond motifs is 9. The Kier molecular flexibility index (Phi) is 6.89. The quantitative estimate of drug-likeness (QED) is 0.192. The molecule has 1 aliphatic heterocycles. The second-order valence-corrected chi connectivity index (χ2v) is 14.6. The Morgan fingerprint density at radius 2 is 1.02 bits per heavy atom. The van der Waals surface area contributed by atoms with Crippen LogP contribution in [-0.2, 0) is 0 Å². The van der Waals surface area contributed by atoms with Crippen molar-refractivity contribution in [1.29, 1.82) is 0 Å². The van der Waals surface area contributed by atoms with Crippen LogP contribution in [0, 0.1) is 0 Å². The van der Waals surface area contributed by atoms with E-state index in [1.54, 1.807) is 0 Å². The van der Waals surface area contributed by atoms with Gasteiger partial charge in [0.1, 0.15) is 34.3 Å². The van der Waals surface area contributed by atoms with Gasteiger partial charge >= 0.3 is 0 Å². The number of aliphatic imine (C=N–C) groups is 2. The Morgan fingerprint density at radius 1 is 0.421 bits per heavy atom. The summed E-state index contributed by atoms with van der Waals surface area (Å²) in [5.41, 5.74) is 11.9. The molecule has 6 heteroatoms. The monoisotopic (exact) mass is 732 g/mol. The van der Waals surface area contributed by atoms with Crippen LogP contribution in [0.2, 0.25) is 0 Å². The normalized spacial score (nSPS) is 14.5. The molecule has 11 aromatic rings. The van der Waals surface area contributed by atoms with Crippen LogP contribution in [0.5, 0.6) is 0 Å². The molecule has 0 saturated heterocycles. The summed E-state index contributed by atoms with van der Waals surface area (Å²) in [6, 6.07) is 63.4. The van der Waals surface area contributed by atoms with Gasteiger partial charge in [0.25, 0.3) is 0 Å². The first kappa shape index (κ1) is 31.6. The number of amidine groups is 2. The molecule has 0 bridgehead atoms. The molecule has 6 nitrogen and oxygen atoms in total. The smallest absolute Gasteiger partial charge is 0.159 e. The fourth-order valence-corrected chi connectivity index (χ4v) is 8.50. The van der Waals surface area contributed by atoms with Crippen LogP contribution in [0.3, 0.4) is 0 Å². The van der Waals surface area contributed by atoms with E-state index in [-0.39, 0.29) is 6.17 Å². The minimum atomic E-state index is -0.275. The molecule has 0 amide bonds. The van der Waals surface area contributed by atoms with E-state index >= 15 is 0 Å². The van der Waals surface area contributed by atoms with Crippen LogP contribution in [0.1, 0.15) is 22.9 Å². The standard InChI is InChI=1S/C51H32N4O2/c1-4-12-31(13-5-1)34-20-23-38-37-18-10-11-19-43(37)55(44(38)26-34)36-22-25-40-42-29-41-39-24-21-35(27-45(39)56-47(41)30-48(42)57-46(40)28-36)51-53-49(32-14-6-2-7-15-32)52-50(54-51)33-16-8-3-9-17-33/h1-30,49H,(H,52,53,54). The average molecular weight is 733 g/mol. The Labute approximate surface area is 326 Å². The molecule has 0 spiro atoms. The maximum atomic E-state index is 6.62. The van der Waals surface area contributed by atoms with E-state index in [1.165, 1.54) is 21.9 Å². The lowest BCUT2D eigenvalue weighted by molar-refractivity contribution is 0.655. The van der Waals surface area contributed by atoms with Gasteiger partial charge in [-0.3, -0.25) is 0 Å². The number of para-hydroxylation sites is 1. The SMILES string of the molecule is c1ccc(C2=NC(c3ccccc3)NC(c3ccc4c(c3)oc3cc5oc6cc(-n7c8ccccc8c8ccc(-c9ccccc9)cc87)ccc6c5cc34)=N2)cc1. The van der Waals surface area contributed by atoms with Gasteiger partial charge in [-0.15, -0.1) is 0 Å². The van der Waals surface area contributed by atoms with Gasteiger partial charge in [0.2, 0.25) is 0 Å². The summed E-state index contributed by atoms with van der Waals surface area (Å²) in [5.74, 6) is 1.43. The van der Waals surface area contributed by atoms with Crippen LogP contribution >= 0.6 is 0 Å². The topological polar surface area (TPSA) is 68.0 Å². The van der Waals surface area contributed by atoms with Crippen molar-refractivity contribution in [2.45, 2.75) is 6.17 Å². The lowest BCUT2D eigenvalue weighted by Gasteiger charge is -2.23. The third kappa shape index (κ3) is 5.11. The zero-order chi connectivity index (χ0) is 37.5. The number of nitrogens with one attached hydrogen (secondary N) is 1. The molecule has 4 heterocycles. The van der Waals surface area contributed by atoms with Crippen molar-refractivity contribution < 1.29 is 8.83 Å². The number of benzene rings is 8. The summed E-state index contributed by atoms with van der Waals surface area (Å²) in [5, 5.41) is 10.2. The molecule has 0 fully saturated rings. The third-order valence-electron chi connectivity index (χ3n) is 11.3. The van der Waals surface area contributed by atoms with Crippen molar-refractivity contribution in [1.82, 2.24) is 9.88 Å². The van der Waals surface area contributed by atoms with Gasteiger partial charge in [0, 0.05) is 61.3 Å². The predicted molar refractivity (Wildman–Crippen MR) is 233 cm³/mol. The Morgan fingerprint density at radius 3 is 1.79 bits per heavy atom. The first-order valence-electron chi connectivity index (χ1n) is 19.2. The summed E-state index contributed by atoms with van der Waals surface area (Å²) in [6.07, 6.45) is -0.275. The molecule has 0 saturated carbocycles. The molecule has 3 aromatic heterocycles. The van der Waals surface area contributed by atoms with Gasteiger partial charge in [-0.1, -0.05) is 127 Å². The molecule has 0 radical (unpaired) electrons. The largest absolute Gasteiger partial charge is 0.456 e. The van der Waals surface area contributed by atoms with E-state index in [4.69, 9.17) is 18.8 Å². The molecule has 1 unspecified atom stereocenters. The van der Waals surface area contributed by atoms with E-state index in [1.807, 2.05) is 54.6 Å². The molecule has 0 aliphatic carbocycles. The van der Waals surface area contributed by atoms with E-state index in [2.05, 4.69) is 137 Å². The summed E-state index contributed by atoms with van der Waals surface area (Å²) < 4.78 is 15.5. The van der Waals surface area contributed by atoms with E-state index in [0.29, 0.717) is 5.84 Å². The van der Waals surface area contributed by atoms with Crippen molar-refractivity contribution in [3.8, 4) is 16.8 Å². The Bertz CT molecular complexity index is 3430. The van der Waals surface area contributed by atoms with Gasteiger partial charge in [0.05, 0.1) is 11.0 Å². The maximum absolute atomic E-state index is 6.62. The molecule has 12 rings (SSSR count). The number of rotatable bonds is 5. The van der Waals surface area contributed by atoms with Crippen molar-refractivity contribution in [2.24, 2.45) is 9.98 Å². The van der Waals surface area contributed by atoms with Crippen LogP contribution < -0.4 is 5.32 Å². The molecule has 1 N–H and O–H groups in total. The van der Waals surface area contributed by atoms with E-state index < -0.39 is 0 Å². The maximum Gasteiger partial charge on any atom is 0.159 e. The predicted octanol–water partition coefficient (Wildman–Crippen LogP) is 12.7. The van der Waals surface area contributed by atoms with Crippen LogP contribution in [0.4, 0.5) is 0 Å². The highest BCUT2D eigenvalue weighted by Crippen LogP contribution is 2.40. The van der Waals surface area contributed by atoms with Crippen molar-refractivity contribution in [3.05, 3.63) is 199 Å². The highest BCUT2D eigenvalue weighted by atomic mass is 16.3. The molecule has 8 aromatic carbocycles. The van der Waals surface area contributed by atoms with Crippen LogP contribution in [0.15, 0.2) is 201 Å². The van der Waals surface area contributed by atoms with Crippen LogP contribution in [0.25, 0.3) is 82.5 Å². The van der Waals surface area contributed by atoms with Crippen molar-refractivity contribution >= 4 is 77.4 Å². The number of furan rings is 2. The fourth-order valence-electron chi connectivity index (χ4n) is 8.50. The highest BCUT2D eigenvalue weighted by Gasteiger charge is 2.22. The molecule has 268 valence electrons. The van der Waals surface area contributed by atoms with Gasteiger partial charge < -0.3 is 18.7 Å². The molecule has 1 aliphatic rings. The van der Waals surface area contributed by atoms with Gasteiger partial charge in [-0.2, -0.15) is 0 Å². The first-order chi connectivity index (χ1) is 28.2. The molecular formula is C51H32N4O2. The summed E-state index contributed by atoms with van der Waals surface area (Å²) >= 11 is 0. The second kappa shape index (κ2) is 12.4. The van der Waals surface area contributed by atoms with E-state index in [9.17, 15) is 0 Å². The third-order valence-corrected chi connectivity index (χ3v) is 11.3. The van der Waals surface area contributed by atoms with Crippen molar-refractivity contribution in [2.75, 3.05) is 0 Å². The molecule has 57 heavy (non-hydrogen) atoms. The molecular weight excluding hydrogens is 701 g/mol. The van der Waals surface area contributed by atoms with E-state index in [0.717, 1.165) is 83.1 Å².